The SMILES string of the molecule is C[N+](C)(C)CCC(CC(=O)O)O[N+](=O)[O-]. The van der Waals surface area contributed by atoms with E-state index in [1.807, 2.05) is 21.1 Å². The van der Waals surface area contributed by atoms with Crippen molar-refractivity contribution in [2.75, 3.05) is 27.7 Å². The molecule has 7 heteroatoms. The van der Waals surface area contributed by atoms with Gasteiger partial charge >= 0.3 is 5.97 Å². The number of carboxylic acids is 1. The lowest BCUT2D eigenvalue weighted by Gasteiger charge is -2.25. The third-order valence-electron chi connectivity index (χ3n) is 1.76. The number of hydrogen-bond acceptors (Lipinski definition) is 4. The van der Waals surface area contributed by atoms with Crippen molar-refractivity contribution in [2.24, 2.45) is 0 Å². The molecule has 7 nitrogen and oxygen atoms in total. The van der Waals surface area contributed by atoms with Gasteiger partial charge in [-0.25, -0.2) is 0 Å². The normalized spacial score (nSPS) is 13.3. The van der Waals surface area contributed by atoms with Crippen LogP contribution < -0.4 is 0 Å². The summed E-state index contributed by atoms with van der Waals surface area (Å²) in [6.07, 6.45) is -0.868. The summed E-state index contributed by atoms with van der Waals surface area (Å²) in [5.41, 5.74) is 0. The molecule has 88 valence electrons. The molecule has 0 spiro atoms. The zero-order valence-corrected chi connectivity index (χ0v) is 9.17. The van der Waals surface area contributed by atoms with Crippen LogP contribution in [0.2, 0.25) is 0 Å². The molecule has 0 saturated carbocycles. The zero-order chi connectivity index (χ0) is 12.1. The molecule has 0 radical (unpaired) electrons. The first kappa shape index (κ1) is 13.6. The Bertz CT molecular complexity index is 220. The molecule has 15 heavy (non-hydrogen) atoms. The maximum Gasteiger partial charge on any atom is 0.305 e. The summed E-state index contributed by atoms with van der Waals surface area (Å²) in [4.78, 5) is 24.8. The first-order valence-corrected chi connectivity index (χ1v) is 4.54. The van der Waals surface area contributed by atoms with Crippen LogP contribution in [-0.4, -0.2) is 54.4 Å². The van der Waals surface area contributed by atoms with E-state index in [2.05, 4.69) is 4.84 Å². The lowest BCUT2D eigenvalue weighted by atomic mass is 10.2. The van der Waals surface area contributed by atoms with Gasteiger partial charge in [0.25, 0.3) is 5.09 Å². The van der Waals surface area contributed by atoms with Gasteiger partial charge in [-0.2, -0.15) is 0 Å². The van der Waals surface area contributed by atoms with Crippen molar-refractivity contribution in [3.05, 3.63) is 10.1 Å². The van der Waals surface area contributed by atoms with E-state index in [9.17, 15) is 14.9 Å². The van der Waals surface area contributed by atoms with Crippen LogP contribution in [0.5, 0.6) is 0 Å². The molecule has 0 fully saturated rings. The molecule has 1 atom stereocenters. The average Bonchev–Trinajstić information content (AvgIpc) is 1.96. The number of carbonyl (C=O) groups is 1. The predicted molar refractivity (Wildman–Crippen MR) is 51.6 cm³/mol. The Labute approximate surface area is 87.9 Å². The second kappa shape index (κ2) is 5.50. The van der Waals surface area contributed by atoms with Crippen LogP contribution in [0.15, 0.2) is 0 Å². The van der Waals surface area contributed by atoms with Gasteiger partial charge in [-0.05, 0) is 0 Å². The van der Waals surface area contributed by atoms with Crippen molar-refractivity contribution < 1.29 is 24.3 Å². The molecule has 1 unspecified atom stereocenters. The fraction of sp³-hybridized carbons (Fsp3) is 0.875. The topological polar surface area (TPSA) is 89.7 Å². The van der Waals surface area contributed by atoms with Gasteiger partial charge in [0.05, 0.1) is 34.1 Å². The van der Waals surface area contributed by atoms with Crippen LogP contribution in [0.3, 0.4) is 0 Å². The fourth-order valence-electron chi connectivity index (χ4n) is 1.04. The van der Waals surface area contributed by atoms with E-state index in [4.69, 9.17) is 5.11 Å². The van der Waals surface area contributed by atoms with E-state index in [1.54, 1.807) is 0 Å². The highest BCUT2D eigenvalue weighted by molar-refractivity contribution is 5.67. The predicted octanol–water partition coefficient (Wildman–Crippen LogP) is 0.134. The standard InChI is InChI=1S/C8H16N2O5/c1-10(2,3)5-4-7(6-8(11)12)15-9(13)14/h7H,4-6H2,1-3H3/p+1. The Kier molecular flexibility index (Phi) is 4.99. The van der Waals surface area contributed by atoms with Gasteiger partial charge in [0, 0.05) is 6.42 Å². The summed E-state index contributed by atoms with van der Waals surface area (Å²) in [7, 11) is 5.76. The van der Waals surface area contributed by atoms with E-state index in [0.29, 0.717) is 17.4 Å². The Hall–Kier alpha value is -1.37. The van der Waals surface area contributed by atoms with E-state index >= 15 is 0 Å². The van der Waals surface area contributed by atoms with Crippen LogP contribution in [0.4, 0.5) is 0 Å². The van der Waals surface area contributed by atoms with Crippen LogP contribution in [0, 0.1) is 10.1 Å². The number of hydrogen-bond donors (Lipinski definition) is 1. The molecule has 0 bridgehead atoms. The number of carboxylic acid groups (broad SMARTS) is 1. The largest absolute Gasteiger partial charge is 0.481 e. The highest BCUT2D eigenvalue weighted by Gasteiger charge is 2.20. The first-order chi connectivity index (χ1) is 6.70. The molecule has 0 heterocycles. The summed E-state index contributed by atoms with van der Waals surface area (Å²) >= 11 is 0. The molecule has 0 aromatic rings. The van der Waals surface area contributed by atoms with Crippen LogP contribution >= 0.6 is 0 Å². The maximum absolute atomic E-state index is 10.4. The van der Waals surface area contributed by atoms with Crippen molar-refractivity contribution >= 4 is 5.97 Å². The summed E-state index contributed by atoms with van der Waals surface area (Å²) in [6, 6.07) is 0. The minimum Gasteiger partial charge on any atom is -0.481 e. The van der Waals surface area contributed by atoms with Gasteiger partial charge in [0.1, 0.15) is 6.10 Å². The van der Waals surface area contributed by atoms with Gasteiger partial charge in [-0.3, -0.25) is 4.79 Å². The minimum atomic E-state index is -1.09. The van der Waals surface area contributed by atoms with Crippen LogP contribution in [0.25, 0.3) is 0 Å². The molecule has 0 aliphatic carbocycles. The highest BCUT2D eigenvalue weighted by atomic mass is 17.0. The number of quaternary nitrogens is 1. The number of rotatable bonds is 7. The maximum atomic E-state index is 10.4. The van der Waals surface area contributed by atoms with E-state index in [1.165, 1.54) is 0 Å². The third-order valence-corrected chi connectivity index (χ3v) is 1.76. The van der Waals surface area contributed by atoms with Crippen molar-refractivity contribution in [3.8, 4) is 0 Å². The molecular weight excluding hydrogens is 204 g/mol. The Morgan fingerprint density at radius 2 is 2.07 bits per heavy atom. The zero-order valence-electron chi connectivity index (χ0n) is 9.17. The summed E-state index contributed by atoms with van der Waals surface area (Å²) < 4.78 is 0.608. The van der Waals surface area contributed by atoms with E-state index in [0.717, 1.165) is 0 Å². The van der Waals surface area contributed by atoms with E-state index in [-0.39, 0.29) is 6.42 Å². The summed E-state index contributed by atoms with van der Waals surface area (Å²) in [6.45, 7) is 0.617. The quantitative estimate of drug-likeness (QED) is 0.375. The third kappa shape index (κ3) is 8.95. The first-order valence-electron chi connectivity index (χ1n) is 4.54. The fourth-order valence-corrected chi connectivity index (χ4v) is 1.04. The van der Waals surface area contributed by atoms with Gasteiger partial charge in [-0.15, -0.1) is 10.1 Å². The van der Waals surface area contributed by atoms with Crippen molar-refractivity contribution in [2.45, 2.75) is 18.9 Å². The molecule has 0 aliphatic heterocycles. The van der Waals surface area contributed by atoms with Gasteiger partial charge in [0.2, 0.25) is 0 Å². The molecule has 0 aromatic heterocycles. The lowest BCUT2D eigenvalue weighted by molar-refractivity contribution is -0.872. The second-order valence-electron chi connectivity index (χ2n) is 4.35. The Balaban J connectivity index is 4.12. The molecular formula is C8H17N2O5+. The molecule has 0 amide bonds. The number of aliphatic carboxylic acids is 1. The van der Waals surface area contributed by atoms with Crippen molar-refractivity contribution in [1.29, 1.82) is 0 Å². The minimum absolute atomic E-state index is 0.344. The summed E-state index contributed by atoms with van der Waals surface area (Å²) in [5, 5.41) is 17.7. The summed E-state index contributed by atoms with van der Waals surface area (Å²) in [5.74, 6) is -1.09. The van der Waals surface area contributed by atoms with Crippen LogP contribution in [0.1, 0.15) is 12.8 Å². The van der Waals surface area contributed by atoms with Crippen LogP contribution in [-0.2, 0) is 9.63 Å². The molecule has 1 N–H and O–H groups in total. The number of nitrogens with zero attached hydrogens (tertiary/aromatic N) is 2. The molecule has 0 aromatic carbocycles. The smallest absolute Gasteiger partial charge is 0.305 e. The van der Waals surface area contributed by atoms with E-state index < -0.39 is 17.2 Å². The van der Waals surface area contributed by atoms with Gasteiger partial charge < -0.3 is 14.4 Å². The van der Waals surface area contributed by atoms with Crippen molar-refractivity contribution in [1.82, 2.24) is 0 Å². The lowest BCUT2D eigenvalue weighted by Crippen LogP contribution is -2.38. The Morgan fingerprint density at radius 1 is 1.53 bits per heavy atom. The molecule has 0 rings (SSSR count). The van der Waals surface area contributed by atoms with Gasteiger partial charge in [-0.1, -0.05) is 0 Å². The second-order valence-corrected chi connectivity index (χ2v) is 4.35. The van der Waals surface area contributed by atoms with Gasteiger partial charge in [0.15, 0.2) is 0 Å². The highest BCUT2D eigenvalue weighted by Crippen LogP contribution is 2.07. The molecule has 0 aliphatic rings. The average molecular weight is 221 g/mol. The Morgan fingerprint density at radius 3 is 2.40 bits per heavy atom. The molecule has 0 saturated heterocycles. The van der Waals surface area contributed by atoms with Crippen molar-refractivity contribution in [3.63, 3.8) is 0 Å². The monoisotopic (exact) mass is 221 g/mol.